The summed E-state index contributed by atoms with van der Waals surface area (Å²) in [4.78, 5) is 24.5. The quantitative estimate of drug-likeness (QED) is 0.673. The first-order valence-corrected chi connectivity index (χ1v) is 9.35. The highest BCUT2D eigenvalue weighted by Gasteiger charge is 2.20. The number of para-hydroxylation sites is 1. The van der Waals surface area contributed by atoms with Crippen molar-refractivity contribution in [2.75, 3.05) is 19.0 Å². The number of hydrogen-bond donors (Lipinski definition) is 1. The molecular formula is C23H27NO5. The molecule has 0 spiro atoms. The normalized spacial score (nSPS) is 11.8. The van der Waals surface area contributed by atoms with Crippen molar-refractivity contribution in [3.63, 3.8) is 0 Å². The van der Waals surface area contributed by atoms with Gasteiger partial charge in [-0.05, 0) is 56.5 Å². The van der Waals surface area contributed by atoms with E-state index in [1.807, 2.05) is 57.2 Å². The number of rotatable bonds is 8. The zero-order valence-electron chi connectivity index (χ0n) is 17.4. The summed E-state index contributed by atoms with van der Waals surface area (Å²) < 4.78 is 16.0. The van der Waals surface area contributed by atoms with Crippen LogP contribution in [0.5, 0.6) is 11.5 Å². The zero-order valence-corrected chi connectivity index (χ0v) is 17.4. The average molecular weight is 397 g/mol. The maximum absolute atomic E-state index is 12.4. The third-order valence-corrected chi connectivity index (χ3v) is 4.30. The van der Waals surface area contributed by atoms with Crippen molar-refractivity contribution in [1.82, 2.24) is 0 Å². The molecule has 2 rings (SSSR count). The summed E-state index contributed by atoms with van der Waals surface area (Å²) in [6.45, 7) is 6.92. The Bertz CT molecular complexity index is 884. The van der Waals surface area contributed by atoms with Gasteiger partial charge in [-0.3, -0.25) is 4.79 Å². The van der Waals surface area contributed by atoms with Crippen molar-refractivity contribution in [3.05, 3.63) is 59.2 Å². The highest BCUT2D eigenvalue weighted by Crippen LogP contribution is 2.28. The van der Waals surface area contributed by atoms with Crippen molar-refractivity contribution in [2.45, 2.75) is 33.8 Å². The molecule has 0 aliphatic heterocycles. The van der Waals surface area contributed by atoms with Crippen LogP contribution in [0.15, 0.2) is 42.5 Å². The molecule has 2 aromatic carbocycles. The lowest BCUT2D eigenvalue weighted by atomic mass is 10.1. The molecule has 0 saturated heterocycles. The van der Waals surface area contributed by atoms with Gasteiger partial charge in [0.1, 0.15) is 0 Å². The molecule has 0 unspecified atom stereocenters. The molecule has 1 N–H and O–H groups in total. The lowest BCUT2D eigenvalue weighted by Crippen LogP contribution is -2.32. The van der Waals surface area contributed by atoms with E-state index in [1.54, 1.807) is 12.1 Å². The second-order valence-corrected chi connectivity index (χ2v) is 6.59. The van der Waals surface area contributed by atoms with E-state index >= 15 is 0 Å². The average Bonchev–Trinajstić information content (AvgIpc) is 2.69. The Morgan fingerprint density at radius 3 is 2.41 bits per heavy atom. The van der Waals surface area contributed by atoms with Gasteiger partial charge in [0.25, 0.3) is 5.91 Å². The summed E-state index contributed by atoms with van der Waals surface area (Å²) in [5, 5.41) is 2.81. The molecule has 29 heavy (non-hydrogen) atoms. The van der Waals surface area contributed by atoms with Crippen molar-refractivity contribution in [2.24, 2.45) is 0 Å². The van der Waals surface area contributed by atoms with E-state index in [1.165, 1.54) is 14.0 Å². The Kier molecular flexibility index (Phi) is 7.83. The number of esters is 1. The Morgan fingerprint density at radius 2 is 1.79 bits per heavy atom. The first-order valence-electron chi connectivity index (χ1n) is 9.35. The maximum Gasteiger partial charge on any atom is 0.344 e. The number of allylic oxidation sites excluding steroid dienone is 1. The molecule has 0 heterocycles. The first kappa shape index (κ1) is 22.0. The number of aryl methyl sites for hydroxylation is 2. The standard InChI is InChI=1S/C23H27NO5/c1-6-8-18-11-12-19(20(13-18)27-5)28-14-21(25)29-17(4)23(26)24-22-15(2)9-7-10-16(22)3/h6-13,17H,14H2,1-5H3,(H,24,26)/b8-6+/t17-/m1/s1. The van der Waals surface area contributed by atoms with Gasteiger partial charge in [0, 0.05) is 5.69 Å². The summed E-state index contributed by atoms with van der Waals surface area (Å²) >= 11 is 0. The summed E-state index contributed by atoms with van der Waals surface area (Å²) in [6, 6.07) is 11.1. The topological polar surface area (TPSA) is 73.9 Å². The van der Waals surface area contributed by atoms with E-state index in [9.17, 15) is 9.59 Å². The van der Waals surface area contributed by atoms with Crippen LogP contribution in [0.25, 0.3) is 6.08 Å². The number of carbonyl (C=O) groups is 2. The molecule has 154 valence electrons. The molecule has 1 atom stereocenters. The summed E-state index contributed by atoms with van der Waals surface area (Å²) in [5.74, 6) is -0.114. The second-order valence-electron chi connectivity index (χ2n) is 6.59. The predicted molar refractivity (Wildman–Crippen MR) is 113 cm³/mol. The fourth-order valence-electron chi connectivity index (χ4n) is 2.76. The summed E-state index contributed by atoms with van der Waals surface area (Å²) in [6.07, 6.45) is 2.89. The van der Waals surface area contributed by atoms with Crippen LogP contribution in [0.1, 0.15) is 30.5 Å². The minimum Gasteiger partial charge on any atom is -0.493 e. The molecule has 1 amide bonds. The largest absolute Gasteiger partial charge is 0.493 e. The third kappa shape index (κ3) is 6.10. The predicted octanol–water partition coefficient (Wildman–Crippen LogP) is 4.29. The van der Waals surface area contributed by atoms with E-state index in [-0.39, 0.29) is 6.61 Å². The molecule has 0 aliphatic carbocycles. The fraction of sp³-hybridized carbons (Fsp3) is 0.304. The summed E-state index contributed by atoms with van der Waals surface area (Å²) in [5.41, 5.74) is 3.56. The van der Waals surface area contributed by atoms with Gasteiger partial charge in [0.05, 0.1) is 7.11 Å². The van der Waals surface area contributed by atoms with Crippen molar-refractivity contribution < 1.29 is 23.8 Å². The van der Waals surface area contributed by atoms with Gasteiger partial charge in [-0.25, -0.2) is 4.79 Å². The SMILES string of the molecule is C/C=C/c1ccc(OCC(=O)O[C@H](C)C(=O)Nc2c(C)cccc2C)c(OC)c1. The minimum absolute atomic E-state index is 0.333. The van der Waals surface area contributed by atoms with Crippen molar-refractivity contribution >= 4 is 23.6 Å². The number of ether oxygens (including phenoxy) is 3. The molecule has 0 saturated carbocycles. The van der Waals surface area contributed by atoms with E-state index in [4.69, 9.17) is 14.2 Å². The molecule has 0 radical (unpaired) electrons. The number of anilines is 1. The number of amides is 1. The van der Waals surface area contributed by atoms with Crippen LogP contribution in [0, 0.1) is 13.8 Å². The lowest BCUT2D eigenvalue weighted by molar-refractivity contribution is -0.155. The monoisotopic (exact) mass is 397 g/mol. The van der Waals surface area contributed by atoms with Gasteiger partial charge in [0.2, 0.25) is 0 Å². The van der Waals surface area contributed by atoms with Crippen LogP contribution in [-0.2, 0) is 14.3 Å². The zero-order chi connectivity index (χ0) is 21.4. The maximum atomic E-state index is 12.4. The number of hydrogen-bond acceptors (Lipinski definition) is 5. The lowest BCUT2D eigenvalue weighted by Gasteiger charge is -2.16. The highest BCUT2D eigenvalue weighted by molar-refractivity contribution is 5.96. The van der Waals surface area contributed by atoms with Crippen LogP contribution < -0.4 is 14.8 Å². The van der Waals surface area contributed by atoms with E-state index in [0.29, 0.717) is 11.5 Å². The van der Waals surface area contributed by atoms with Gasteiger partial charge in [-0.15, -0.1) is 0 Å². The molecule has 0 bridgehead atoms. The van der Waals surface area contributed by atoms with Gasteiger partial charge in [-0.2, -0.15) is 0 Å². The minimum atomic E-state index is -0.955. The Labute approximate surface area is 171 Å². The van der Waals surface area contributed by atoms with E-state index in [0.717, 1.165) is 22.4 Å². The van der Waals surface area contributed by atoms with Crippen LogP contribution in [0.2, 0.25) is 0 Å². The highest BCUT2D eigenvalue weighted by atomic mass is 16.6. The number of nitrogens with one attached hydrogen (secondary N) is 1. The molecule has 0 aromatic heterocycles. The van der Waals surface area contributed by atoms with Crippen LogP contribution in [0.4, 0.5) is 5.69 Å². The molecule has 6 nitrogen and oxygen atoms in total. The van der Waals surface area contributed by atoms with Crippen LogP contribution in [-0.4, -0.2) is 31.7 Å². The molecule has 6 heteroatoms. The van der Waals surface area contributed by atoms with Gasteiger partial charge in [0.15, 0.2) is 24.2 Å². The number of benzene rings is 2. The van der Waals surface area contributed by atoms with Crippen LogP contribution >= 0.6 is 0 Å². The van der Waals surface area contributed by atoms with E-state index in [2.05, 4.69) is 5.32 Å². The smallest absolute Gasteiger partial charge is 0.344 e. The van der Waals surface area contributed by atoms with Crippen LogP contribution in [0.3, 0.4) is 0 Å². The molecular weight excluding hydrogens is 370 g/mol. The first-order chi connectivity index (χ1) is 13.8. The Morgan fingerprint density at radius 1 is 1.10 bits per heavy atom. The third-order valence-electron chi connectivity index (χ3n) is 4.30. The summed E-state index contributed by atoms with van der Waals surface area (Å²) in [7, 11) is 1.53. The number of methoxy groups -OCH3 is 1. The van der Waals surface area contributed by atoms with Gasteiger partial charge >= 0.3 is 5.97 Å². The van der Waals surface area contributed by atoms with E-state index < -0.39 is 18.0 Å². The Balaban J connectivity index is 1.92. The Hall–Kier alpha value is -3.28. The molecule has 0 aliphatic rings. The molecule has 0 fully saturated rings. The van der Waals surface area contributed by atoms with Crippen molar-refractivity contribution in [3.8, 4) is 11.5 Å². The number of carbonyl (C=O) groups excluding carboxylic acids is 2. The van der Waals surface area contributed by atoms with Gasteiger partial charge in [-0.1, -0.05) is 36.4 Å². The van der Waals surface area contributed by atoms with Crippen molar-refractivity contribution in [1.29, 1.82) is 0 Å². The molecule has 2 aromatic rings. The fourth-order valence-corrected chi connectivity index (χ4v) is 2.76. The van der Waals surface area contributed by atoms with Gasteiger partial charge < -0.3 is 19.5 Å². The second kappa shape index (κ2) is 10.3.